The van der Waals surface area contributed by atoms with Gasteiger partial charge in [0.1, 0.15) is 0 Å². The highest BCUT2D eigenvalue weighted by molar-refractivity contribution is 6.28. The summed E-state index contributed by atoms with van der Waals surface area (Å²) in [6, 6.07) is 0.276. The van der Waals surface area contributed by atoms with Crippen molar-refractivity contribution in [2.45, 2.75) is 33.6 Å². The van der Waals surface area contributed by atoms with Gasteiger partial charge in [-0.1, -0.05) is 27.2 Å². The summed E-state index contributed by atoms with van der Waals surface area (Å²) in [6.45, 7) is 7.70. The van der Waals surface area contributed by atoms with Gasteiger partial charge in [-0.15, -0.1) is 0 Å². The molecular weight excluding hydrogens is 240 g/mol. The summed E-state index contributed by atoms with van der Waals surface area (Å²) in [6.07, 6.45) is 2.00. The molecule has 0 spiro atoms. The molecule has 0 bridgehead atoms. The van der Waals surface area contributed by atoms with Gasteiger partial charge in [0.05, 0.1) is 6.61 Å². The van der Waals surface area contributed by atoms with E-state index in [-0.39, 0.29) is 11.3 Å². The molecule has 1 heterocycles. The van der Waals surface area contributed by atoms with Crippen molar-refractivity contribution < 1.29 is 4.74 Å². The molecule has 17 heavy (non-hydrogen) atoms. The van der Waals surface area contributed by atoms with Gasteiger partial charge in [0.15, 0.2) is 0 Å². The predicted octanol–water partition coefficient (Wildman–Crippen LogP) is 2.77. The molecular formula is C11H19ClN4O. The second-order valence-corrected chi connectivity index (χ2v) is 4.29. The second kappa shape index (κ2) is 7.27. The third-order valence-corrected chi connectivity index (χ3v) is 2.50. The zero-order valence-corrected chi connectivity index (χ0v) is 11.3. The number of ether oxygens (including phenoxy) is 1. The Kier molecular flexibility index (Phi) is 5.97. The molecule has 1 atom stereocenters. The first-order chi connectivity index (χ1) is 8.15. The fourth-order valence-corrected chi connectivity index (χ4v) is 1.23. The van der Waals surface area contributed by atoms with Crippen LogP contribution in [0.25, 0.3) is 0 Å². The highest BCUT2D eigenvalue weighted by Gasteiger charge is 2.06. The molecule has 0 fully saturated rings. The molecule has 6 heteroatoms. The van der Waals surface area contributed by atoms with E-state index in [9.17, 15) is 0 Å². The summed E-state index contributed by atoms with van der Waals surface area (Å²) in [7, 11) is 0. The summed E-state index contributed by atoms with van der Waals surface area (Å²) < 4.78 is 5.32. The van der Waals surface area contributed by atoms with Crippen LogP contribution in [0.1, 0.15) is 33.6 Å². The van der Waals surface area contributed by atoms with Crippen LogP contribution in [0.4, 0.5) is 5.95 Å². The van der Waals surface area contributed by atoms with E-state index in [1.54, 1.807) is 0 Å². The van der Waals surface area contributed by atoms with Crippen molar-refractivity contribution in [2.75, 3.05) is 18.5 Å². The van der Waals surface area contributed by atoms with Crippen molar-refractivity contribution in [3.63, 3.8) is 0 Å². The minimum atomic E-state index is 0.151. The number of nitrogens with zero attached hydrogens (tertiary/aromatic N) is 3. The third-order valence-electron chi connectivity index (χ3n) is 2.33. The van der Waals surface area contributed by atoms with Crippen molar-refractivity contribution in [3.8, 4) is 6.01 Å². The molecule has 0 amide bonds. The molecule has 1 aromatic heterocycles. The third kappa shape index (κ3) is 5.17. The highest BCUT2D eigenvalue weighted by atomic mass is 35.5. The summed E-state index contributed by atoms with van der Waals surface area (Å²) in [5, 5.41) is 3.28. The van der Waals surface area contributed by atoms with Crippen LogP contribution in [0.3, 0.4) is 0 Å². The molecule has 0 aliphatic heterocycles. The van der Waals surface area contributed by atoms with Crippen LogP contribution in [0.5, 0.6) is 6.01 Å². The van der Waals surface area contributed by atoms with Gasteiger partial charge in [-0.2, -0.15) is 15.0 Å². The quantitative estimate of drug-likeness (QED) is 0.815. The van der Waals surface area contributed by atoms with Crippen molar-refractivity contribution in [1.29, 1.82) is 0 Å². The molecule has 1 rings (SSSR count). The first-order valence-corrected chi connectivity index (χ1v) is 6.31. The van der Waals surface area contributed by atoms with Gasteiger partial charge in [0, 0.05) is 6.54 Å². The Hall–Kier alpha value is -1.10. The van der Waals surface area contributed by atoms with Crippen LogP contribution in [-0.2, 0) is 0 Å². The fraction of sp³-hybridized carbons (Fsp3) is 0.727. The van der Waals surface area contributed by atoms with Crippen molar-refractivity contribution in [3.05, 3.63) is 5.28 Å². The Morgan fingerprint density at radius 1 is 1.29 bits per heavy atom. The van der Waals surface area contributed by atoms with Crippen molar-refractivity contribution in [1.82, 2.24) is 15.0 Å². The Bertz CT molecular complexity index is 348. The van der Waals surface area contributed by atoms with Gasteiger partial charge in [-0.25, -0.2) is 0 Å². The normalized spacial score (nSPS) is 12.2. The van der Waals surface area contributed by atoms with Gasteiger partial charge in [0.25, 0.3) is 0 Å². The molecule has 96 valence electrons. The average molecular weight is 259 g/mol. The van der Waals surface area contributed by atoms with Gasteiger partial charge >= 0.3 is 6.01 Å². The van der Waals surface area contributed by atoms with Gasteiger partial charge in [-0.3, -0.25) is 0 Å². The van der Waals surface area contributed by atoms with E-state index in [1.807, 2.05) is 6.92 Å². The maximum absolute atomic E-state index is 5.80. The Labute approximate surface area is 107 Å². The van der Waals surface area contributed by atoms with E-state index in [1.165, 1.54) is 0 Å². The van der Waals surface area contributed by atoms with E-state index in [0.29, 0.717) is 18.5 Å². The molecule has 5 nitrogen and oxygen atoms in total. The van der Waals surface area contributed by atoms with E-state index in [2.05, 4.69) is 34.1 Å². The van der Waals surface area contributed by atoms with Crippen LogP contribution >= 0.6 is 11.6 Å². The molecule has 0 saturated carbocycles. The fourth-order valence-electron chi connectivity index (χ4n) is 1.08. The maximum Gasteiger partial charge on any atom is 0.322 e. The lowest BCUT2D eigenvalue weighted by molar-refractivity contribution is 0.291. The Morgan fingerprint density at radius 3 is 2.71 bits per heavy atom. The lowest BCUT2D eigenvalue weighted by Crippen LogP contribution is -2.13. The van der Waals surface area contributed by atoms with E-state index < -0.39 is 0 Å². The first-order valence-electron chi connectivity index (χ1n) is 5.94. The maximum atomic E-state index is 5.80. The van der Waals surface area contributed by atoms with Crippen molar-refractivity contribution in [2.24, 2.45) is 5.92 Å². The highest BCUT2D eigenvalue weighted by Crippen LogP contribution is 2.12. The molecule has 1 unspecified atom stereocenters. The summed E-state index contributed by atoms with van der Waals surface area (Å²) in [5.74, 6) is 1.03. The number of aromatic nitrogens is 3. The van der Waals surface area contributed by atoms with Gasteiger partial charge in [-0.05, 0) is 23.9 Å². The van der Waals surface area contributed by atoms with Crippen LogP contribution in [0.15, 0.2) is 0 Å². The summed E-state index contributed by atoms with van der Waals surface area (Å²) in [4.78, 5) is 12.0. The number of hydrogen-bond acceptors (Lipinski definition) is 5. The monoisotopic (exact) mass is 258 g/mol. The lowest BCUT2D eigenvalue weighted by atomic mass is 10.1. The number of halogens is 1. The summed E-state index contributed by atoms with van der Waals surface area (Å²) >= 11 is 5.80. The second-order valence-electron chi connectivity index (χ2n) is 3.95. The van der Waals surface area contributed by atoms with Crippen LogP contribution in [0.2, 0.25) is 5.28 Å². The Balaban J connectivity index is 2.61. The molecule has 0 aliphatic rings. The largest absolute Gasteiger partial charge is 0.463 e. The van der Waals surface area contributed by atoms with E-state index in [0.717, 1.165) is 19.4 Å². The lowest BCUT2D eigenvalue weighted by Gasteiger charge is -2.10. The molecule has 0 aliphatic carbocycles. The minimum absolute atomic E-state index is 0.151. The van der Waals surface area contributed by atoms with Gasteiger partial charge < -0.3 is 10.1 Å². The minimum Gasteiger partial charge on any atom is -0.463 e. The average Bonchev–Trinajstić information content (AvgIpc) is 2.32. The number of hydrogen-bond donors (Lipinski definition) is 1. The van der Waals surface area contributed by atoms with Gasteiger partial charge in [0.2, 0.25) is 11.2 Å². The van der Waals surface area contributed by atoms with Crippen LogP contribution in [-0.4, -0.2) is 28.1 Å². The van der Waals surface area contributed by atoms with Crippen LogP contribution < -0.4 is 10.1 Å². The first kappa shape index (κ1) is 14.0. The molecule has 1 N–H and O–H groups in total. The SMILES string of the molecule is CCCOc1nc(Cl)nc(NCC(C)CC)n1. The van der Waals surface area contributed by atoms with Crippen LogP contribution in [0, 0.1) is 5.92 Å². The molecule has 0 radical (unpaired) electrons. The predicted molar refractivity (Wildman–Crippen MR) is 68.6 cm³/mol. The zero-order valence-electron chi connectivity index (χ0n) is 10.5. The van der Waals surface area contributed by atoms with E-state index in [4.69, 9.17) is 16.3 Å². The van der Waals surface area contributed by atoms with Crippen molar-refractivity contribution >= 4 is 17.5 Å². The standard InChI is InChI=1S/C11H19ClN4O/c1-4-6-17-11-15-9(12)14-10(16-11)13-7-8(3)5-2/h8H,4-7H2,1-3H3,(H,13,14,15,16). The zero-order chi connectivity index (χ0) is 12.7. The number of rotatable bonds is 7. The smallest absolute Gasteiger partial charge is 0.322 e. The number of nitrogens with one attached hydrogen (secondary N) is 1. The molecule has 0 saturated heterocycles. The Morgan fingerprint density at radius 2 is 2.06 bits per heavy atom. The topological polar surface area (TPSA) is 59.9 Å². The molecule has 1 aromatic rings. The number of anilines is 1. The molecule has 0 aromatic carbocycles. The van der Waals surface area contributed by atoms with E-state index >= 15 is 0 Å². The summed E-state index contributed by atoms with van der Waals surface area (Å²) in [5.41, 5.74) is 0.